The second kappa shape index (κ2) is 7.59. The third-order valence-electron chi connectivity index (χ3n) is 3.72. The summed E-state index contributed by atoms with van der Waals surface area (Å²) in [6.07, 6.45) is 4.69. The van der Waals surface area contributed by atoms with E-state index >= 15 is 0 Å². The minimum absolute atomic E-state index is 0.579. The largest absolute Gasteiger partial charge is 0.370 e. The first-order chi connectivity index (χ1) is 10.1. The van der Waals surface area contributed by atoms with E-state index in [1.807, 2.05) is 0 Å². The highest BCUT2D eigenvalue weighted by atomic mass is 15.1. The second-order valence-electron chi connectivity index (χ2n) is 6.19. The predicted molar refractivity (Wildman–Crippen MR) is 89.2 cm³/mol. The summed E-state index contributed by atoms with van der Waals surface area (Å²) in [7, 11) is 4.21. The zero-order chi connectivity index (χ0) is 15.2. The summed E-state index contributed by atoms with van der Waals surface area (Å²) in [5, 5.41) is 6.93. The Morgan fingerprint density at radius 3 is 2.24 bits per heavy atom. The third kappa shape index (κ3) is 4.84. The van der Waals surface area contributed by atoms with E-state index in [1.165, 1.54) is 12.8 Å². The number of hydrogen-bond acceptors (Lipinski definition) is 5. The van der Waals surface area contributed by atoms with Gasteiger partial charge in [0.2, 0.25) is 0 Å². The van der Waals surface area contributed by atoms with Gasteiger partial charge in [0.15, 0.2) is 0 Å². The van der Waals surface area contributed by atoms with Crippen molar-refractivity contribution < 1.29 is 0 Å². The molecule has 1 aliphatic rings. The van der Waals surface area contributed by atoms with Gasteiger partial charge in [-0.05, 0) is 53.2 Å². The van der Waals surface area contributed by atoms with E-state index < -0.39 is 0 Å². The lowest BCUT2D eigenvalue weighted by Gasteiger charge is -2.15. The fourth-order valence-electron chi connectivity index (χ4n) is 2.25. The van der Waals surface area contributed by atoms with Gasteiger partial charge in [0.05, 0.1) is 0 Å². The lowest BCUT2D eigenvalue weighted by molar-refractivity contribution is 0.405. The quantitative estimate of drug-likeness (QED) is 0.685. The Morgan fingerprint density at radius 2 is 1.71 bits per heavy atom. The molecule has 0 atom stereocenters. The van der Waals surface area contributed by atoms with E-state index in [0.29, 0.717) is 5.92 Å². The molecule has 2 rings (SSSR count). The third-order valence-corrected chi connectivity index (χ3v) is 3.72. The molecule has 0 bridgehead atoms. The lowest BCUT2D eigenvalue weighted by Crippen LogP contribution is -2.17. The van der Waals surface area contributed by atoms with Crippen LogP contribution in [-0.4, -0.2) is 48.6 Å². The maximum absolute atomic E-state index is 4.74. The molecule has 1 aromatic rings. The highest BCUT2D eigenvalue weighted by molar-refractivity contribution is 5.57. The van der Waals surface area contributed by atoms with Crippen LogP contribution in [0.1, 0.15) is 49.9 Å². The van der Waals surface area contributed by atoms with Crippen LogP contribution in [0.3, 0.4) is 0 Å². The van der Waals surface area contributed by atoms with Crippen LogP contribution in [0.15, 0.2) is 0 Å². The molecule has 0 aliphatic heterocycles. The zero-order valence-electron chi connectivity index (χ0n) is 13.9. The first-order valence-corrected chi connectivity index (χ1v) is 8.12. The molecule has 118 valence electrons. The van der Waals surface area contributed by atoms with Gasteiger partial charge in [-0.25, -0.2) is 9.97 Å². The average Bonchev–Trinajstić information content (AvgIpc) is 3.28. The number of aromatic nitrogens is 2. The molecule has 0 saturated heterocycles. The minimum atomic E-state index is 0.579. The number of anilines is 2. The Hall–Kier alpha value is -1.36. The number of nitrogens with zero attached hydrogens (tertiary/aromatic N) is 3. The summed E-state index contributed by atoms with van der Waals surface area (Å²) in [5.74, 6) is 3.59. The van der Waals surface area contributed by atoms with Gasteiger partial charge in [-0.2, -0.15) is 0 Å². The molecule has 0 spiro atoms. The molecule has 0 unspecified atom stereocenters. The highest BCUT2D eigenvalue weighted by Gasteiger charge is 2.28. The molecule has 21 heavy (non-hydrogen) atoms. The topological polar surface area (TPSA) is 53.1 Å². The fourth-order valence-corrected chi connectivity index (χ4v) is 2.25. The molecule has 0 aromatic carbocycles. The Balaban J connectivity index is 2.04. The maximum Gasteiger partial charge on any atom is 0.136 e. The van der Waals surface area contributed by atoms with Crippen molar-refractivity contribution in [3.05, 3.63) is 11.4 Å². The van der Waals surface area contributed by atoms with E-state index in [-0.39, 0.29) is 0 Å². The number of nitrogens with one attached hydrogen (secondary N) is 2. The molecule has 5 heteroatoms. The molecule has 1 saturated carbocycles. The molecule has 1 aliphatic carbocycles. The standard InChI is InChI=1S/C16H29N5/c1-5-9-17-14-12(2)15(18-10-6-11-21(3)4)20-16(19-14)13-7-8-13/h13H,5-11H2,1-4H3,(H2,17,18,19,20). The molecule has 1 fully saturated rings. The Labute approximate surface area is 128 Å². The molecule has 2 N–H and O–H groups in total. The lowest BCUT2D eigenvalue weighted by atomic mass is 10.2. The molecular weight excluding hydrogens is 262 g/mol. The number of rotatable bonds is 9. The van der Waals surface area contributed by atoms with Crippen LogP contribution in [0, 0.1) is 6.92 Å². The van der Waals surface area contributed by atoms with Gasteiger partial charge in [-0.15, -0.1) is 0 Å². The van der Waals surface area contributed by atoms with Crippen LogP contribution in [0.2, 0.25) is 0 Å². The van der Waals surface area contributed by atoms with Crippen LogP contribution >= 0.6 is 0 Å². The van der Waals surface area contributed by atoms with Crippen molar-refractivity contribution in [2.45, 2.75) is 45.4 Å². The SMILES string of the molecule is CCCNc1nc(C2CC2)nc(NCCCN(C)C)c1C. The Morgan fingerprint density at radius 1 is 1.10 bits per heavy atom. The summed E-state index contributed by atoms with van der Waals surface area (Å²) in [5.41, 5.74) is 1.14. The van der Waals surface area contributed by atoms with Crippen molar-refractivity contribution in [2.24, 2.45) is 0 Å². The van der Waals surface area contributed by atoms with E-state index in [0.717, 1.165) is 55.5 Å². The van der Waals surface area contributed by atoms with E-state index in [4.69, 9.17) is 9.97 Å². The van der Waals surface area contributed by atoms with Gasteiger partial charge < -0.3 is 15.5 Å². The van der Waals surface area contributed by atoms with E-state index in [9.17, 15) is 0 Å². The van der Waals surface area contributed by atoms with Gasteiger partial charge >= 0.3 is 0 Å². The summed E-state index contributed by atoms with van der Waals surface area (Å²) in [6.45, 7) is 7.28. The molecule has 0 radical (unpaired) electrons. The van der Waals surface area contributed by atoms with Crippen molar-refractivity contribution in [1.29, 1.82) is 0 Å². The van der Waals surface area contributed by atoms with Gasteiger partial charge in [0, 0.05) is 24.6 Å². The molecule has 1 aromatic heterocycles. The zero-order valence-corrected chi connectivity index (χ0v) is 13.9. The van der Waals surface area contributed by atoms with Gasteiger partial charge in [0.25, 0.3) is 0 Å². The monoisotopic (exact) mass is 291 g/mol. The maximum atomic E-state index is 4.74. The average molecular weight is 291 g/mol. The summed E-state index contributed by atoms with van der Waals surface area (Å²) in [6, 6.07) is 0. The van der Waals surface area contributed by atoms with Crippen LogP contribution in [0.25, 0.3) is 0 Å². The van der Waals surface area contributed by atoms with Crippen LogP contribution in [-0.2, 0) is 0 Å². The normalized spacial score (nSPS) is 14.5. The van der Waals surface area contributed by atoms with Crippen LogP contribution in [0.4, 0.5) is 11.6 Å². The second-order valence-corrected chi connectivity index (χ2v) is 6.19. The molecule has 1 heterocycles. The van der Waals surface area contributed by atoms with Crippen molar-refractivity contribution in [3.63, 3.8) is 0 Å². The summed E-state index contributed by atoms with van der Waals surface area (Å²) in [4.78, 5) is 11.7. The van der Waals surface area contributed by atoms with Crippen molar-refractivity contribution in [3.8, 4) is 0 Å². The van der Waals surface area contributed by atoms with E-state index in [1.54, 1.807) is 0 Å². The fraction of sp³-hybridized carbons (Fsp3) is 0.750. The van der Waals surface area contributed by atoms with E-state index in [2.05, 4.69) is 43.5 Å². The van der Waals surface area contributed by atoms with Crippen LogP contribution < -0.4 is 10.6 Å². The van der Waals surface area contributed by atoms with Crippen LogP contribution in [0.5, 0.6) is 0 Å². The van der Waals surface area contributed by atoms with Crippen molar-refractivity contribution in [1.82, 2.24) is 14.9 Å². The first kappa shape index (κ1) is 16.0. The van der Waals surface area contributed by atoms with Crippen molar-refractivity contribution >= 4 is 11.6 Å². The minimum Gasteiger partial charge on any atom is -0.370 e. The molecule has 5 nitrogen and oxygen atoms in total. The Kier molecular flexibility index (Phi) is 5.79. The summed E-state index contributed by atoms with van der Waals surface area (Å²) >= 11 is 0. The van der Waals surface area contributed by atoms with Crippen molar-refractivity contribution in [2.75, 3.05) is 44.4 Å². The van der Waals surface area contributed by atoms with Gasteiger partial charge in [-0.3, -0.25) is 0 Å². The molecular formula is C16H29N5. The van der Waals surface area contributed by atoms with Gasteiger partial charge in [0.1, 0.15) is 17.5 Å². The first-order valence-electron chi connectivity index (χ1n) is 8.12. The smallest absolute Gasteiger partial charge is 0.136 e. The number of hydrogen-bond donors (Lipinski definition) is 2. The predicted octanol–water partition coefficient (Wildman–Crippen LogP) is 2.85. The highest BCUT2D eigenvalue weighted by Crippen LogP contribution is 2.39. The molecule has 0 amide bonds. The van der Waals surface area contributed by atoms with Gasteiger partial charge in [-0.1, -0.05) is 6.92 Å². The Bertz CT molecular complexity index is 454. The summed E-state index contributed by atoms with van der Waals surface area (Å²) < 4.78 is 0.